The Hall–Kier alpha value is -4.19. The lowest BCUT2D eigenvalue weighted by atomic mass is 9.77. The summed E-state index contributed by atoms with van der Waals surface area (Å²) in [6.45, 7) is 0.805. The van der Waals surface area contributed by atoms with Gasteiger partial charge in [0.15, 0.2) is 11.5 Å². The smallest absolute Gasteiger partial charge is 0.247 e. The molecule has 226 valence electrons. The Morgan fingerprint density at radius 1 is 1.23 bits per heavy atom. The number of carbonyl (C=O) groups is 3. The number of H-pyrrole nitrogens is 1. The molecule has 11 heteroatoms. The molecule has 1 saturated heterocycles. The lowest BCUT2D eigenvalue weighted by molar-refractivity contribution is -0.141. The Kier molecular flexibility index (Phi) is 8.20. The number of nitrogens with one attached hydrogen (secondary N) is 2. The van der Waals surface area contributed by atoms with Crippen LogP contribution in [0.3, 0.4) is 0 Å². The van der Waals surface area contributed by atoms with Crippen LogP contribution in [0.5, 0.6) is 11.5 Å². The van der Waals surface area contributed by atoms with E-state index in [1.165, 1.54) is 7.11 Å². The van der Waals surface area contributed by atoms with Crippen LogP contribution in [0.4, 0.5) is 0 Å². The van der Waals surface area contributed by atoms with Gasteiger partial charge in [0.25, 0.3) is 0 Å². The van der Waals surface area contributed by atoms with Gasteiger partial charge in [-0.25, -0.2) is 0 Å². The van der Waals surface area contributed by atoms with Crippen molar-refractivity contribution in [2.75, 3.05) is 40.0 Å². The maximum atomic E-state index is 14.0. The minimum Gasteiger partial charge on any atom is -0.493 e. The van der Waals surface area contributed by atoms with Crippen molar-refractivity contribution >= 4 is 29.0 Å². The van der Waals surface area contributed by atoms with Gasteiger partial charge in [-0.2, -0.15) is 0 Å². The van der Waals surface area contributed by atoms with E-state index in [1.807, 2.05) is 30.3 Å². The normalized spacial score (nSPS) is 24.1. The van der Waals surface area contributed by atoms with Gasteiger partial charge in [0.2, 0.25) is 11.8 Å². The second kappa shape index (κ2) is 12.2. The standard InChI is InChI=1S/C32H35N3O8/c1-41-26-13-18(16-37)12-22-27-23(31(39)33-8-10-36)15-25(28(38)30(27)43-29(22)26)35(32(40)20-7-11-42-17-20)9-6-21-14-19-4-2-3-5-24(19)34-21/h2-5,12-16,20,25,27-28,30,34,36,38H,6-11,17H2,1H3,(H,33,39). The molecule has 0 spiro atoms. The molecule has 3 aliphatic rings. The fourth-order valence-electron chi connectivity index (χ4n) is 6.44. The average molecular weight is 590 g/mol. The first kappa shape index (κ1) is 28.9. The summed E-state index contributed by atoms with van der Waals surface area (Å²) in [4.78, 5) is 44.3. The number of aliphatic hydroxyl groups excluding tert-OH is 2. The fourth-order valence-corrected chi connectivity index (χ4v) is 6.44. The number of para-hydroxylation sites is 1. The lowest BCUT2D eigenvalue weighted by Crippen LogP contribution is -2.57. The summed E-state index contributed by atoms with van der Waals surface area (Å²) in [6, 6.07) is 12.2. The number of rotatable bonds is 10. The molecule has 1 aromatic heterocycles. The van der Waals surface area contributed by atoms with E-state index in [0.29, 0.717) is 48.4 Å². The number of methoxy groups -OCH3 is 1. The van der Waals surface area contributed by atoms with Crippen molar-refractivity contribution in [2.45, 2.75) is 37.0 Å². The van der Waals surface area contributed by atoms with Crippen LogP contribution >= 0.6 is 0 Å². The summed E-state index contributed by atoms with van der Waals surface area (Å²) in [5, 5.41) is 25.0. The number of amides is 2. The van der Waals surface area contributed by atoms with E-state index in [0.717, 1.165) is 16.6 Å². The Labute approximate surface area is 248 Å². The number of ether oxygens (including phenoxy) is 3. The highest BCUT2D eigenvalue weighted by Gasteiger charge is 2.52. The maximum absolute atomic E-state index is 14.0. The van der Waals surface area contributed by atoms with E-state index >= 15 is 0 Å². The van der Waals surface area contributed by atoms with E-state index in [9.17, 15) is 24.6 Å². The molecule has 4 N–H and O–H groups in total. The van der Waals surface area contributed by atoms with Gasteiger partial charge < -0.3 is 39.6 Å². The molecule has 0 saturated carbocycles. The first-order valence-corrected chi connectivity index (χ1v) is 14.5. The number of hydrogen-bond acceptors (Lipinski definition) is 8. The molecule has 0 bridgehead atoms. The number of aliphatic hydroxyl groups is 2. The van der Waals surface area contributed by atoms with Crippen molar-refractivity contribution in [1.82, 2.24) is 15.2 Å². The Balaban J connectivity index is 1.39. The first-order valence-electron chi connectivity index (χ1n) is 14.5. The Morgan fingerprint density at radius 2 is 2.07 bits per heavy atom. The monoisotopic (exact) mass is 589 g/mol. The summed E-state index contributed by atoms with van der Waals surface area (Å²) in [6.07, 6.45) is 1.24. The quantitative estimate of drug-likeness (QED) is 0.261. The summed E-state index contributed by atoms with van der Waals surface area (Å²) < 4.78 is 17.3. The largest absolute Gasteiger partial charge is 0.493 e. The minimum absolute atomic E-state index is 0.0225. The molecular formula is C32H35N3O8. The highest BCUT2D eigenvalue weighted by atomic mass is 16.5. The summed E-state index contributed by atoms with van der Waals surface area (Å²) in [5.41, 5.74) is 3.08. The Morgan fingerprint density at radius 3 is 2.79 bits per heavy atom. The molecule has 43 heavy (non-hydrogen) atoms. The zero-order chi connectivity index (χ0) is 30.1. The number of benzene rings is 2. The van der Waals surface area contributed by atoms with Crippen molar-refractivity contribution < 1.29 is 38.8 Å². The number of hydrogen-bond donors (Lipinski definition) is 4. The second-order valence-electron chi connectivity index (χ2n) is 11.1. The molecule has 3 aromatic rings. The highest BCUT2D eigenvalue weighted by Crippen LogP contribution is 2.51. The molecule has 3 heterocycles. The number of fused-ring (bicyclic) bond motifs is 4. The number of aldehydes is 1. The van der Waals surface area contributed by atoms with Crippen LogP contribution in [-0.2, 0) is 20.7 Å². The molecule has 2 amide bonds. The van der Waals surface area contributed by atoms with Gasteiger partial charge in [-0.1, -0.05) is 18.2 Å². The molecule has 2 aliphatic heterocycles. The van der Waals surface area contributed by atoms with Crippen molar-refractivity contribution in [3.8, 4) is 11.5 Å². The third kappa shape index (κ3) is 5.39. The molecular weight excluding hydrogens is 554 g/mol. The fraction of sp³-hybridized carbons (Fsp3) is 0.406. The molecule has 11 nitrogen and oxygen atoms in total. The maximum Gasteiger partial charge on any atom is 0.247 e. The predicted octanol–water partition coefficient (Wildman–Crippen LogP) is 1.72. The van der Waals surface area contributed by atoms with Gasteiger partial charge in [0.05, 0.1) is 38.2 Å². The SMILES string of the molecule is COc1cc(C=O)cc2c1OC1C2C(C(=O)NCCO)=CC(N(CCc2cc3ccccc3[nH]2)C(=O)C2CCOC2)C1O. The van der Waals surface area contributed by atoms with E-state index < -0.39 is 30.1 Å². The number of aromatic amines is 1. The van der Waals surface area contributed by atoms with Crippen molar-refractivity contribution in [2.24, 2.45) is 5.92 Å². The van der Waals surface area contributed by atoms with Crippen molar-refractivity contribution in [3.63, 3.8) is 0 Å². The topological polar surface area (TPSA) is 150 Å². The molecule has 0 radical (unpaired) electrons. The van der Waals surface area contributed by atoms with Crippen LogP contribution in [0.1, 0.15) is 34.0 Å². The van der Waals surface area contributed by atoms with Crippen LogP contribution in [0.2, 0.25) is 0 Å². The van der Waals surface area contributed by atoms with E-state index in [-0.39, 0.29) is 43.7 Å². The van der Waals surface area contributed by atoms with Gasteiger partial charge in [-0.05, 0) is 42.1 Å². The lowest BCUT2D eigenvalue weighted by Gasteiger charge is -2.41. The summed E-state index contributed by atoms with van der Waals surface area (Å²) in [7, 11) is 1.45. The zero-order valence-corrected chi connectivity index (χ0v) is 23.8. The summed E-state index contributed by atoms with van der Waals surface area (Å²) in [5.74, 6) is -1.08. The second-order valence-corrected chi connectivity index (χ2v) is 11.1. The van der Waals surface area contributed by atoms with Crippen LogP contribution in [0, 0.1) is 5.92 Å². The molecule has 5 unspecified atom stereocenters. The van der Waals surface area contributed by atoms with Gasteiger partial charge in [0.1, 0.15) is 18.5 Å². The molecule has 5 atom stereocenters. The van der Waals surface area contributed by atoms with Crippen LogP contribution in [0.15, 0.2) is 54.1 Å². The predicted molar refractivity (Wildman–Crippen MR) is 156 cm³/mol. The average Bonchev–Trinajstić information content (AvgIpc) is 3.79. The zero-order valence-electron chi connectivity index (χ0n) is 23.8. The van der Waals surface area contributed by atoms with Gasteiger partial charge in [0, 0.05) is 54.0 Å². The molecule has 1 fully saturated rings. The van der Waals surface area contributed by atoms with Crippen LogP contribution in [-0.4, -0.2) is 96.5 Å². The highest BCUT2D eigenvalue weighted by molar-refractivity contribution is 5.96. The van der Waals surface area contributed by atoms with Crippen molar-refractivity contribution in [3.05, 3.63) is 70.9 Å². The molecule has 1 aliphatic carbocycles. The minimum atomic E-state index is -1.20. The molecule has 6 rings (SSSR count). The van der Waals surface area contributed by atoms with Gasteiger partial charge in [-0.15, -0.1) is 0 Å². The third-order valence-corrected chi connectivity index (χ3v) is 8.54. The van der Waals surface area contributed by atoms with E-state index in [2.05, 4.69) is 10.3 Å². The number of aromatic nitrogens is 1. The number of nitrogens with zero attached hydrogens (tertiary/aromatic N) is 1. The number of carbonyl (C=O) groups excluding carboxylic acids is 3. The first-order chi connectivity index (χ1) is 20.9. The van der Waals surface area contributed by atoms with E-state index in [4.69, 9.17) is 14.2 Å². The van der Waals surface area contributed by atoms with Gasteiger partial charge in [-0.3, -0.25) is 14.4 Å². The Bertz CT molecular complexity index is 1530. The van der Waals surface area contributed by atoms with Crippen LogP contribution in [0.25, 0.3) is 10.9 Å². The molecule has 2 aromatic carbocycles. The van der Waals surface area contributed by atoms with Gasteiger partial charge >= 0.3 is 0 Å². The van der Waals surface area contributed by atoms with Crippen molar-refractivity contribution in [1.29, 1.82) is 0 Å². The van der Waals surface area contributed by atoms with Crippen LogP contribution < -0.4 is 14.8 Å². The third-order valence-electron chi connectivity index (χ3n) is 8.54. The van der Waals surface area contributed by atoms with E-state index in [1.54, 1.807) is 23.1 Å². The summed E-state index contributed by atoms with van der Waals surface area (Å²) >= 11 is 0.